The third-order valence-electron chi connectivity index (χ3n) is 2.48. The predicted octanol–water partition coefficient (Wildman–Crippen LogP) is 4.70. The molecule has 2 aromatic rings. The number of rotatable bonds is 4. The van der Waals surface area contributed by atoms with E-state index in [1.165, 1.54) is 0 Å². The van der Waals surface area contributed by atoms with Crippen LogP contribution >= 0.6 is 34.8 Å². The second kappa shape index (κ2) is 6.84. The molecular weight excluding hydrogens is 319 g/mol. The van der Waals surface area contributed by atoms with Gasteiger partial charge in [-0.3, -0.25) is 4.79 Å². The first-order chi connectivity index (χ1) is 9.54. The molecule has 2 rings (SSSR count). The molecular formula is C14H11Cl3N2O. The van der Waals surface area contributed by atoms with Gasteiger partial charge in [0.1, 0.15) is 0 Å². The van der Waals surface area contributed by atoms with Crippen LogP contribution in [0.4, 0.5) is 11.4 Å². The smallest absolute Gasteiger partial charge is 0.243 e. The molecule has 0 spiro atoms. The highest BCUT2D eigenvalue weighted by molar-refractivity contribution is 6.36. The summed E-state index contributed by atoms with van der Waals surface area (Å²) in [7, 11) is 0. The van der Waals surface area contributed by atoms with E-state index in [2.05, 4.69) is 10.6 Å². The molecule has 1 amide bonds. The fraction of sp³-hybridized carbons (Fsp3) is 0.0714. The van der Waals surface area contributed by atoms with Crippen LogP contribution in [-0.2, 0) is 4.79 Å². The van der Waals surface area contributed by atoms with Gasteiger partial charge in [-0.2, -0.15) is 0 Å². The zero-order valence-electron chi connectivity index (χ0n) is 10.3. The summed E-state index contributed by atoms with van der Waals surface area (Å²) in [6, 6.07) is 12.0. The molecule has 0 saturated heterocycles. The van der Waals surface area contributed by atoms with Crippen molar-refractivity contribution in [3.05, 3.63) is 57.5 Å². The quantitative estimate of drug-likeness (QED) is 0.854. The van der Waals surface area contributed by atoms with Crippen molar-refractivity contribution in [2.75, 3.05) is 17.2 Å². The van der Waals surface area contributed by atoms with Gasteiger partial charge in [-0.15, -0.1) is 0 Å². The van der Waals surface area contributed by atoms with Crippen LogP contribution < -0.4 is 10.6 Å². The van der Waals surface area contributed by atoms with Gasteiger partial charge < -0.3 is 10.6 Å². The first-order valence-corrected chi connectivity index (χ1v) is 6.92. The lowest BCUT2D eigenvalue weighted by Gasteiger charge is -2.09. The lowest BCUT2D eigenvalue weighted by molar-refractivity contribution is -0.114. The molecule has 2 aromatic carbocycles. The van der Waals surface area contributed by atoms with E-state index in [1.807, 2.05) is 0 Å². The van der Waals surface area contributed by atoms with Crippen molar-refractivity contribution in [1.82, 2.24) is 0 Å². The summed E-state index contributed by atoms with van der Waals surface area (Å²) in [5.41, 5.74) is 1.30. The summed E-state index contributed by atoms with van der Waals surface area (Å²) in [6.45, 7) is 0.0911. The molecule has 0 atom stereocenters. The fourth-order valence-corrected chi connectivity index (χ4v) is 2.25. The van der Waals surface area contributed by atoms with E-state index >= 15 is 0 Å². The van der Waals surface area contributed by atoms with Gasteiger partial charge in [0.05, 0.1) is 17.3 Å². The van der Waals surface area contributed by atoms with Crippen LogP contribution in [0.25, 0.3) is 0 Å². The van der Waals surface area contributed by atoms with Crippen LogP contribution in [-0.4, -0.2) is 12.5 Å². The van der Waals surface area contributed by atoms with Gasteiger partial charge in [-0.25, -0.2) is 0 Å². The van der Waals surface area contributed by atoms with Crippen LogP contribution in [0.2, 0.25) is 15.1 Å². The van der Waals surface area contributed by atoms with E-state index in [4.69, 9.17) is 34.8 Å². The summed E-state index contributed by atoms with van der Waals surface area (Å²) < 4.78 is 0. The minimum atomic E-state index is -0.196. The molecule has 0 fully saturated rings. The standard InChI is InChI=1S/C14H11Cl3N2O/c15-9-2-1-3-11(6-9)19-14(20)8-18-13-5-4-10(16)7-12(13)17/h1-7,18H,8H2,(H,19,20). The molecule has 0 heterocycles. The number of halogens is 3. The van der Waals surface area contributed by atoms with E-state index in [0.29, 0.717) is 26.4 Å². The SMILES string of the molecule is O=C(CNc1ccc(Cl)cc1Cl)Nc1cccc(Cl)c1. The molecule has 3 nitrogen and oxygen atoms in total. The number of benzene rings is 2. The van der Waals surface area contributed by atoms with Crippen molar-refractivity contribution in [3.8, 4) is 0 Å². The summed E-state index contributed by atoms with van der Waals surface area (Å²) in [4.78, 5) is 11.8. The number of hydrogen-bond acceptors (Lipinski definition) is 2. The van der Waals surface area contributed by atoms with Gasteiger partial charge in [-0.05, 0) is 36.4 Å². The zero-order chi connectivity index (χ0) is 14.5. The normalized spacial score (nSPS) is 10.2. The van der Waals surface area contributed by atoms with Crippen LogP contribution in [0.5, 0.6) is 0 Å². The summed E-state index contributed by atoms with van der Waals surface area (Å²) in [5, 5.41) is 7.25. The molecule has 20 heavy (non-hydrogen) atoms. The van der Waals surface area contributed by atoms with Crippen molar-refractivity contribution >= 4 is 52.1 Å². The maximum absolute atomic E-state index is 11.8. The lowest BCUT2D eigenvalue weighted by Crippen LogP contribution is -2.21. The second-order valence-electron chi connectivity index (χ2n) is 4.04. The van der Waals surface area contributed by atoms with Crippen LogP contribution in [0.3, 0.4) is 0 Å². The molecule has 0 aliphatic heterocycles. The van der Waals surface area contributed by atoms with Crippen molar-refractivity contribution in [3.63, 3.8) is 0 Å². The maximum atomic E-state index is 11.8. The van der Waals surface area contributed by atoms with Gasteiger partial charge in [0.2, 0.25) is 5.91 Å². The zero-order valence-corrected chi connectivity index (χ0v) is 12.6. The number of hydrogen-bond donors (Lipinski definition) is 2. The first-order valence-electron chi connectivity index (χ1n) is 5.79. The Morgan fingerprint density at radius 3 is 2.45 bits per heavy atom. The Kier molecular flexibility index (Phi) is 5.12. The van der Waals surface area contributed by atoms with Crippen molar-refractivity contribution in [2.45, 2.75) is 0 Å². The number of amides is 1. The van der Waals surface area contributed by atoms with Gasteiger partial charge >= 0.3 is 0 Å². The Balaban J connectivity index is 1.92. The van der Waals surface area contributed by atoms with Gasteiger partial charge in [0.15, 0.2) is 0 Å². The molecule has 0 bridgehead atoms. The number of nitrogens with one attached hydrogen (secondary N) is 2. The summed E-state index contributed by atoms with van der Waals surface area (Å²) >= 11 is 17.6. The van der Waals surface area contributed by atoms with Crippen molar-refractivity contribution in [2.24, 2.45) is 0 Å². The number of anilines is 2. The van der Waals surface area contributed by atoms with E-state index in [-0.39, 0.29) is 12.5 Å². The average molecular weight is 330 g/mol. The van der Waals surface area contributed by atoms with Crippen molar-refractivity contribution in [1.29, 1.82) is 0 Å². The summed E-state index contributed by atoms with van der Waals surface area (Å²) in [6.07, 6.45) is 0. The Labute approximate surface area is 131 Å². The first kappa shape index (κ1) is 15.0. The largest absolute Gasteiger partial charge is 0.375 e. The molecule has 104 valence electrons. The predicted molar refractivity (Wildman–Crippen MR) is 85.0 cm³/mol. The highest BCUT2D eigenvalue weighted by atomic mass is 35.5. The highest BCUT2D eigenvalue weighted by Crippen LogP contribution is 2.25. The van der Waals surface area contributed by atoms with Crippen LogP contribution in [0, 0.1) is 0 Å². The molecule has 6 heteroatoms. The lowest BCUT2D eigenvalue weighted by atomic mass is 10.3. The van der Waals surface area contributed by atoms with E-state index in [0.717, 1.165) is 0 Å². The molecule has 0 radical (unpaired) electrons. The third-order valence-corrected chi connectivity index (χ3v) is 3.26. The topological polar surface area (TPSA) is 41.1 Å². The molecule has 2 N–H and O–H groups in total. The molecule has 0 saturated carbocycles. The molecule has 0 unspecified atom stereocenters. The third kappa shape index (κ3) is 4.30. The molecule has 0 aromatic heterocycles. The van der Waals surface area contributed by atoms with Gasteiger partial charge in [-0.1, -0.05) is 40.9 Å². The average Bonchev–Trinajstić information content (AvgIpc) is 2.37. The van der Waals surface area contributed by atoms with Crippen molar-refractivity contribution < 1.29 is 4.79 Å². The fourth-order valence-electron chi connectivity index (χ4n) is 1.58. The number of carbonyl (C=O) groups excluding carboxylic acids is 1. The van der Waals surface area contributed by atoms with Crippen LogP contribution in [0.1, 0.15) is 0 Å². The molecule has 0 aliphatic carbocycles. The Bertz CT molecular complexity index is 632. The second-order valence-corrected chi connectivity index (χ2v) is 5.32. The maximum Gasteiger partial charge on any atom is 0.243 e. The van der Waals surface area contributed by atoms with E-state index in [1.54, 1.807) is 42.5 Å². The van der Waals surface area contributed by atoms with Gasteiger partial charge in [0.25, 0.3) is 0 Å². The molecule has 0 aliphatic rings. The van der Waals surface area contributed by atoms with E-state index < -0.39 is 0 Å². The Hall–Kier alpha value is -1.42. The summed E-state index contributed by atoms with van der Waals surface area (Å²) in [5.74, 6) is -0.196. The van der Waals surface area contributed by atoms with Crippen LogP contribution in [0.15, 0.2) is 42.5 Å². The Morgan fingerprint density at radius 2 is 1.75 bits per heavy atom. The monoisotopic (exact) mass is 328 g/mol. The minimum Gasteiger partial charge on any atom is -0.375 e. The van der Waals surface area contributed by atoms with Gasteiger partial charge in [0, 0.05) is 15.7 Å². The Morgan fingerprint density at radius 1 is 1.00 bits per heavy atom. The van der Waals surface area contributed by atoms with E-state index in [9.17, 15) is 4.79 Å². The number of carbonyl (C=O) groups is 1. The minimum absolute atomic E-state index is 0.0911. The highest BCUT2D eigenvalue weighted by Gasteiger charge is 2.05.